The molecular weight excluding hydrogens is 362 g/mol. The highest BCUT2D eigenvalue weighted by Crippen LogP contribution is 2.33. The van der Waals surface area contributed by atoms with Crippen LogP contribution in [0.2, 0.25) is 0 Å². The van der Waals surface area contributed by atoms with E-state index in [-0.39, 0.29) is 0 Å². The Morgan fingerprint density at radius 2 is 2.00 bits per heavy atom. The molecular formula is C19H25N5O2S. The number of pyridine rings is 1. The van der Waals surface area contributed by atoms with E-state index in [4.69, 9.17) is 9.97 Å². The van der Waals surface area contributed by atoms with Crippen LogP contribution in [0.5, 0.6) is 0 Å². The van der Waals surface area contributed by atoms with Crippen molar-refractivity contribution in [2.24, 2.45) is 5.92 Å². The number of rotatable bonds is 5. The largest absolute Gasteiger partial charge is 0.356 e. The van der Waals surface area contributed by atoms with Gasteiger partial charge in [0, 0.05) is 37.1 Å². The van der Waals surface area contributed by atoms with Crippen LogP contribution in [0.1, 0.15) is 30.5 Å². The van der Waals surface area contributed by atoms with Crippen LogP contribution >= 0.6 is 0 Å². The second-order valence-electron chi connectivity index (χ2n) is 7.42. The summed E-state index contributed by atoms with van der Waals surface area (Å²) in [6.45, 7) is 2.30. The molecule has 27 heavy (non-hydrogen) atoms. The molecule has 8 heteroatoms. The fourth-order valence-corrected chi connectivity index (χ4v) is 4.44. The van der Waals surface area contributed by atoms with Gasteiger partial charge in [0.25, 0.3) is 0 Å². The topological polar surface area (TPSA) is 88.1 Å². The Kier molecular flexibility index (Phi) is 5.10. The summed E-state index contributed by atoms with van der Waals surface area (Å²) in [5.74, 6) is 2.13. The van der Waals surface area contributed by atoms with Crippen molar-refractivity contribution in [2.45, 2.75) is 32.1 Å². The maximum Gasteiger partial charge on any atom is 0.208 e. The standard InChI is InChI=1S/C19H25N5O2S/c1-27(25,26)21-13-14-8-11-24(12-9-14)19-15-5-4-7-16(15)22-18(23-19)17-6-2-3-10-20-17/h2-3,6,10,14,21H,4-5,7-9,11-13H2,1H3. The van der Waals surface area contributed by atoms with Gasteiger partial charge in [0.1, 0.15) is 11.5 Å². The fourth-order valence-electron chi connectivity index (χ4n) is 3.90. The first-order valence-corrected chi connectivity index (χ1v) is 11.4. The smallest absolute Gasteiger partial charge is 0.208 e. The minimum Gasteiger partial charge on any atom is -0.356 e. The van der Waals surface area contributed by atoms with E-state index in [2.05, 4.69) is 14.6 Å². The van der Waals surface area contributed by atoms with E-state index < -0.39 is 10.0 Å². The van der Waals surface area contributed by atoms with E-state index in [1.165, 1.54) is 11.8 Å². The summed E-state index contributed by atoms with van der Waals surface area (Å²) in [7, 11) is -3.12. The predicted molar refractivity (Wildman–Crippen MR) is 105 cm³/mol. The third kappa shape index (κ3) is 4.27. The third-order valence-corrected chi connectivity index (χ3v) is 6.04. The molecule has 0 amide bonds. The van der Waals surface area contributed by atoms with Gasteiger partial charge in [-0.3, -0.25) is 4.98 Å². The number of fused-ring (bicyclic) bond motifs is 1. The summed E-state index contributed by atoms with van der Waals surface area (Å²) < 4.78 is 25.3. The molecule has 0 saturated carbocycles. The van der Waals surface area contributed by atoms with Crippen LogP contribution in [-0.4, -0.2) is 49.3 Å². The van der Waals surface area contributed by atoms with Crippen LogP contribution in [0.3, 0.4) is 0 Å². The van der Waals surface area contributed by atoms with Crippen molar-refractivity contribution >= 4 is 15.8 Å². The maximum atomic E-state index is 11.3. The number of aromatic nitrogens is 3. The quantitative estimate of drug-likeness (QED) is 0.842. The fraction of sp³-hybridized carbons (Fsp3) is 0.526. The van der Waals surface area contributed by atoms with Crippen LogP contribution in [0.25, 0.3) is 11.5 Å². The van der Waals surface area contributed by atoms with Gasteiger partial charge in [-0.15, -0.1) is 0 Å². The molecule has 7 nitrogen and oxygen atoms in total. The molecule has 0 spiro atoms. The molecule has 2 aliphatic rings. The zero-order chi connectivity index (χ0) is 18.9. The maximum absolute atomic E-state index is 11.3. The predicted octanol–water partition coefficient (Wildman–Crippen LogP) is 1.79. The number of nitrogens with one attached hydrogen (secondary N) is 1. The molecule has 0 radical (unpaired) electrons. The summed E-state index contributed by atoms with van der Waals surface area (Å²) >= 11 is 0. The normalized spacial score (nSPS) is 17.9. The van der Waals surface area contributed by atoms with Gasteiger partial charge in [-0.2, -0.15) is 0 Å². The van der Waals surface area contributed by atoms with Gasteiger partial charge in [0.05, 0.1) is 6.26 Å². The van der Waals surface area contributed by atoms with Crippen LogP contribution in [0.4, 0.5) is 5.82 Å². The molecule has 1 N–H and O–H groups in total. The van der Waals surface area contributed by atoms with Crippen LogP contribution in [0, 0.1) is 5.92 Å². The molecule has 1 fully saturated rings. The van der Waals surface area contributed by atoms with Gasteiger partial charge in [-0.05, 0) is 50.2 Å². The second kappa shape index (κ2) is 7.52. The van der Waals surface area contributed by atoms with Crippen molar-refractivity contribution in [2.75, 3.05) is 30.8 Å². The number of anilines is 1. The summed E-state index contributed by atoms with van der Waals surface area (Å²) in [5.41, 5.74) is 3.24. The van der Waals surface area contributed by atoms with Gasteiger partial charge in [-0.1, -0.05) is 6.07 Å². The molecule has 1 aliphatic heterocycles. The van der Waals surface area contributed by atoms with E-state index >= 15 is 0 Å². The highest BCUT2D eigenvalue weighted by Gasteiger charge is 2.27. The summed E-state index contributed by atoms with van der Waals surface area (Å²) in [6.07, 6.45) is 8.05. The Labute approximate surface area is 160 Å². The molecule has 1 saturated heterocycles. The summed E-state index contributed by atoms with van der Waals surface area (Å²) in [4.78, 5) is 16.4. The van der Waals surface area contributed by atoms with Gasteiger partial charge in [0.2, 0.25) is 10.0 Å². The van der Waals surface area contributed by atoms with E-state index in [1.54, 1.807) is 6.20 Å². The first-order valence-electron chi connectivity index (χ1n) is 9.50. The lowest BCUT2D eigenvalue weighted by Gasteiger charge is -2.34. The third-order valence-electron chi connectivity index (χ3n) is 5.35. The number of sulfonamides is 1. The number of hydrogen-bond acceptors (Lipinski definition) is 6. The van der Waals surface area contributed by atoms with Crippen LogP contribution < -0.4 is 9.62 Å². The van der Waals surface area contributed by atoms with E-state index in [1.807, 2.05) is 18.2 Å². The molecule has 144 valence electrons. The Morgan fingerprint density at radius 3 is 2.70 bits per heavy atom. The first-order chi connectivity index (χ1) is 13.0. The zero-order valence-corrected chi connectivity index (χ0v) is 16.4. The van der Waals surface area contributed by atoms with Crippen molar-refractivity contribution in [1.29, 1.82) is 0 Å². The molecule has 2 aromatic rings. The van der Waals surface area contributed by atoms with E-state index in [9.17, 15) is 8.42 Å². The highest BCUT2D eigenvalue weighted by atomic mass is 32.2. The minimum absolute atomic E-state index is 0.376. The Bertz CT molecular complexity index is 909. The summed E-state index contributed by atoms with van der Waals surface area (Å²) in [5, 5.41) is 0. The van der Waals surface area contributed by atoms with Crippen molar-refractivity contribution < 1.29 is 8.42 Å². The number of aryl methyl sites for hydroxylation is 1. The Balaban J connectivity index is 1.53. The molecule has 3 heterocycles. The average molecular weight is 388 g/mol. The highest BCUT2D eigenvalue weighted by molar-refractivity contribution is 7.88. The molecule has 0 atom stereocenters. The molecule has 4 rings (SSSR count). The molecule has 1 aliphatic carbocycles. The number of piperidine rings is 1. The first kappa shape index (κ1) is 18.3. The molecule has 0 unspecified atom stereocenters. The zero-order valence-electron chi connectivity index (χ0n) is 15.6. The van der Waals surface area contributed by atoms with Crippen molar-refractivity contribution in [3.63, 3.8) is 0 Å². The SMILES string of the molecule is CS(=O)(=O)NCC1CCN(c2nc(-c3ccccn3)nc3c2CCC3)CC1. The van der Waals surface area contributed by atoms with E-state index in [0.717, 1.165) is 62.4 Å². The van der Waals surface area contributed by atoms with E-state index in [0.29, 0.717) is 18.3 Å². The number of hydrogen-bond donors (Lipinski definition) is 1. The lowest BCUT2D eigenvalue weighted by molar-refractivity contribution is 0.400. The van der Waals surface area contributed by atoms with Crippen molar-refractivity contribution in [3.8, 4) is 11.5 Å². The van der Waals surface area contributed by atoms with Crippen molar-refractivity contribution in [1.82, 2.24) is 19.7 Å². The van der Waals surface area contributed by atoms with Crippen LogP contribution in [0.15, 0.2) is 24.4 Å². The van der Waals surface area contributed by atoms with Gasteiger partial charge in [-0.25, -0.2) is 23.1 Å². The monoisotopic (exact) mass is 387 g/mol. The summed E-state index contributed by atoms with van der Waals surface area (Å²) in [6, 6.07) is 5.80. The lowest BCUT2D eigenvalue weighted by atomic mass is 9.97. The lowest BCUT2D eigenvalue weighted by Crippen LogP contribution is -2.39. The number of nitrogens with zero attached hydrogens (tertiary/aromatic N) is 4. The van der Waals surface area contributed by atoms with Gasteiger partial charge < -0.3 is 4.90 Å². The Morgan fingerprint density at radius 1 is 1.19 bits per heavy atom. The van der Waals surface area contributed by atoms with Crippen LogP contribution in [-0.2, 0) is 22.9 Å². The minimum atomic E-state index is -3.12. The second-order valence-corrected chi connectivity index (χ2v) is 9.25. The Hall–Kier alpha value is -2.06. The average Bonchev–Trinajstić information content (AvgIpc) is 3.15. The molecule has 0 aromatic carbocycles. The molecule has 2 aromatic heterocycles. The van der Waals surface area contributed by atoms with Gasteiger partial charge in [0.15, 0.2) is 5.82 Å². The van der Waals surface area contributed by atoms with Crippen molar-refractivity contribution in [3.05, 3.63) is 35.7 Å². The molecule has 0 bridgehead atoms. The van der Waals surface area contributed by atoms with Gasteiger partial charge >= 0.3 is 0 Å².